The molecule has 2 fully saturated rings. The molecular weight excluding hydrogens is 370 g/mol. The van der Waals surface area contributed by atoms with E-state index < -0.39 is 0 Å². The summed E-state index contributed by atoms with van der Waals surface area (Å²) in [6, 6.07) is 4.35. The fraction of sp³-hybridized carbons (Fsp3) is 0.650. The standard InChI is InChI=1S/C20H33N7O2/c1-3-29-20(28)27-8-6-17(7-9-27)24-19(21)23-15-16-4-5-18(22-14-16)26-12-10-25(2)11-13-26/h4-5,14,17H,3,6-13,15H2,1-2H3,(H3,21,23,24). The van der Waals surface area contributed by atoms with Crippen LogP contribution in [0.2, 0.25) is 0 Å². The van der Waals surface area contributed by atoms with E-state index in [0.29, 0.717) is 32.2 Å². The minimum atomic E-state index is -0.236. The number of piperidine rings is 1. The van der Waals surface area contributed by atoms with Gasteiger partial charge >= 0.3 is 6.09 Å². The summed E-state index contributed by atoms with van der Waals surface area (Å²) >= 11 is 0. The number of amides is 1. The van der Waals surface area contributed by atoms with Crippen molar-refractivity contribution in [3.8, 4) is 0 Å². The van der Waals surface area contributed by atoms with E-state index in [-0.39, 0.29) is 12.1 Å². The van der Waals surface area contributed by atoms with E-state index in [1.165, 1.54) is 0 Å². The average molecular weight is 404 g/mol. The molecule has 0 spiro atoms. The van der Waals surface area contributed by atoms with E-state index >= 15 is 0 Å². The SMILES string of the molecule is CCOC(=O)N1CCC(NC(N)=NCc2ccc(N3CCN(C)CC3)nc2)CC1. The van der Waals surface area contributed by atoms with Crippen LogP contribution in [0.3, 0.4) is 0 Å². The molecule has 3 N–H and O–H groups in total. The van der Waals surface area contributed by atoms with E-state index in [1.54, 1.807) is 4.90 Å². The predicted molar refractivity (Wildman–Crippen MR) is 114 cm³/mol. The van der Waals surface area contributed by atoms with Crippen molar-refractivity contribution in [2.45, 2.75) is 32.4 Å². The molecule has 9 nitrogen and oxygen atoms in total. The molecule has 0 unspecified atom stereocenters. The number of nitrogens with zero attached hydrogens (tertiary/aromatic N) is 5. The van der Waals surface area contributed by atoms with Crippen molar-refractivity contribution in [1.29, 1.82) is 0 Å². The maximum Gasteiger partial charge on any atom is 0.409 e. The van der Waals surface area contributed by atoms with E-state index in [9.17, 15) is 4.79 Å². The Labute approximate surface area is 172 Å². The molecular formula is C20H33N7O2. The fourth-order valence-electron chi connectivity index (χ4n) is 3.59. The first-order chi connectivity index (χ1) is 14.0. The first-order valence-corrected chi connectivity index (χ1v) is 10.4. The van der Waals surface area contributed by atoms with Crippen molar-refractivity contribution in [1.82, 2.24) is 20.1 Å². The van der Waals surface area contributed by atoms with Crippen molar-refractivity contribution in [3.05, 3.63) is 23.9 Å². The number of carbonyl (C=O) groups is 1. The van der Waals surface area contributed by atoms with Gasteiger partial charge in [0.05, 0.1) is 13.2 Å². The lowest BCUT2D eigenvalue weighted by atomic mass is 10.1. The van der Waals surface area contributed by atoms with Crippen molar-refractivity contribution in [3.63, 3.8) is 0 Å². The van der Waals surface area contributed by atoms with Gasteiger partial charge in [-0.1, -0.05) is 6.07 Å². The van der Waals surface area contributed by atoms with Crippen LogP contribution in [0.25, 0.3) is 0 Å². The number of rotatable bonds is 5. The fourth-order valence-corrected chi connectivity index (χ4v) is 3.59. The molecule has 3 rings (SSSR count). The van der Waals surface area contributed by atoms with E-state index in [4.69, 9.17) is 10.5 Å². The maximum atomic E-state index is 11.7. The summed E-state index contributed by atoms with van der Waals surface area (Å²) in [5, 5.41) is 3.26. The number of nitrogens with one attached hydrogen (secondary N) is 1. The van der Waals surface area contributed by atoms with Crippen molar-refractivity contribution < 1.29 is 9.53 Å². The Morgan fingerprint density at radius 3 is 2.59 bits per heavy atom. The molecule has 160 valence electrons. The molecule has 2 aliphatic rings. The smallest absolute Gasteiger partial charge is 0.409 e. The second-order valence-electron chi connectivity index (χ2n) is 7.62. The van der Waals surface area contributed by atoms with Gasteiger partial charge < -0.3 is 30.5 Å². The molecule has 0 aliphatic carbocycles. The first-order valence-electron chi connectivity index (χ1n) is 10.4. The number of hydrogen-bond donors (Lipinski definition) is 2. The van der Waals surface area contributed by atoms with Gasteiger partial charge in [0.1, 0.15) is 5.82 Å². The number of likely N-dealkylation sites (N-methyl/N-ethyl adjacent to an activating group) is 1. The molecule has 1 amide bonds. The molecule has 29 heavy (non-hydrogen) atoms. The van der Waals surface area contributed by atoms with Crippen LogP contribution in [0.5, 0.6) is 0 Å². The molecule has 0 saturated carbocycles. The lowest BCUT2D eigenvalue weighted by Gasteiger charge is -2.33. The van der Waals surface area contributed by atoms with Gasteiger partial charge in [-0.05, 0) is 38.4 Å². The van der Waals surface area contributed by atoms with Crippen LogP contribution in [0.15, 0.2) is 23.3 Å². The lowest BCUT2D eigenvalue weighted by molar-refractivity contribution is 0.0963. The van der Waals surface area contributed by atoms with E-state index in [2.05, 4.69) is 44.3 Å². The zero-order valence-corrected chi connectivity index (χ0v) is 17.5. The number of likely N-dealkylation sites (tertiary alicyclic amines) is 1. The highest BCUT2D eigenvalue weighted by atomic mass is 16.6. The summed E-state index contributed by atoms with van der Waals surface area (Å²) in [4.78, 5) is 27.2. The van der Waals surface area contributed by atoms with Gasteiger partial charge in [-0.15, -0.1) is 0 Å². The molecule has 0 aromatic carbocycles. The van der Waals surface area contributed by atoms with Crippen LogP contribution in [0.4, 0.5) is 10.6 Å². The van der Waals surface area contributed by atoms with Crippen LogP contribution in [-0.2, 0) is 11.3 Å². The Kier molecular flexibility index (Phi) is 7.51. The highest BCUT2D eigenvalue weighted by Crippen LogP contribution is 2.14. The summed E-state index contributed by atoms with van der Waals surface area (Å²) in [7, 11) is 2.15. The van der Waals surface area contributed by atoms with Crippen LogP contribution >= 0.6 is 0 Å². The summed E-state index contributed by atoms with van der Waals surface area (Å²) in [6.45, 7) is 8.20. The largest absolute Gasteiger partial charge is 0.450 e. The zero-order chi connectivity index (χ0) is 20.6. The Balaban J connectivity index is 1.42. The predicted octanol–water partition coefficient (Wildman–Crippen LogP) is 0.859. The van der Waals surface area contributed by atoms with Crippen molar-refractivity contribution in [2.75, 3.05) is 57.8 Å². The number of ether oxygens (including phenoxy) is 1. The van der Waals surface area contributed by atoms with Gasteiger partial charge in [0.2, 0.25) is 0 Å². The number of pyridine rings is 1. The Morgan fingerprint density at radius 2 is 1.97 bits per heavy atom. The Morgan fingerprint density at radius 1 is 1.24 bits per heavy atom. The van der Waals surface area contributed by atoms with Gasteiger partial charge in [0.25, 0.3) is 0 Å². The quantitative estimate of drug-likeness (QED) is 0.556. The lowest BCUT2D eigenvalue weighted by Crippen LogP contribution is -2.48. The van der Waals surface area contributed by atoms with Crippen molar-refractivity contribution in [2.24, 2.45) is 10.7 Å². The van der Waals surface area contributed by atoms with Crippen molar-refractivity contribution >= 4 is 17.9 Å². The molecule has 2 saturated heterocycles. The number of aromatic nitrogens is 1. The minimum absolute atomic E-state index is 0.224. The topological polar surface area (TPSA) is 99.3 Å². The molecule has 0 bridgehead atoms. The third-order valence-corrected chi connectivity index (χ3v) is 5.44. The van der Waals surface area contributed by atoms with Crippen LogP contribution < -0.4 is 16.0 Å². The third kappa shape index (κ3) is 6.22. The Bertz CT molecular complexity index is 679. The van der Waals surface area contributed by atoms with Gasteiger partial charge in [-0.2, -0.15) is 0 Å². The van der Waals surface area contributed by atoms with Gasteiger partial charge in [0.15, 0.2) is 5.96 Å². The van der Waals surface area contributed by atoms with Crippen LogP contribution in [0, 0.1) is 0 Å². The zero-order valence-electron chi connectivity index (χ0n) is 17.5. The molecule has 1 aromatic heterocycles. The van der Waals surface area contributed by atoms with E-state index in [1.807, 2.05) is 13.1 Å². The highest BCUT2D eigenvalue weighted by molar-refractivity contribution is 5.78. The Hall–Kier alpha value is -2.55. The summed E-state index contributed by atoms with van der Waals surface area (Å²) in [6.07, 6.45) is 3.30. The number of nitrogens with two attached hydrogens (primary N) is 1. The average Bonchev–Trinajstić information content (AvgIpc) is 2.74. The molecule has 0 atom stereocenters. The van der Waals surface area contributed by atoms with Crippen LogP contribution in [-0.4, -0.2) is 85.8 Å². The number of aliphatic imine (C=N–C) groups is 1. The summed E-state index contributed by atoms with van der Waals surface area (Å²) in [5.74, 6) is 1.45. The monoisotopic (exact) mass is 403 g/mol. The van der Waals surface area contributed by atoms with Gasteiger partial charge in [0, 0.05) is 51.5 Å². The third-order valence-electron chi connectivity index (χ3n) is 5.44. The number of guanidine groups is 1. The number of anilines is 1. The minimum Gasteiger partial charge on any atom is -0.450 e. The maximum absolute atomic E-state index is 11.7. The normalized spacial score (nSPS) is 19.3. The number of carbonyl (C=O) groups excluding carboxylic acids is 1. The van der Waals surface area contributed by atoms with Crippen LogP contribution in [0.1, 0.15) is 25.3 Å². The molecule has 0 radical (unpaired) electrons. The van der Waals surface area contributed by atoms with E-state index in [0.717, 1.165) is 50.4 Å². The number of piperazine rings is 1. The second-order valence-corrected chi connectivity index (χ2v) is 7.62. The highest BCUT2D eigenvalue weighted by Gasteiger charge is 2.23. The molecule has 2 aliphatic heterocycles. The molecule has 1 aromatic rings. The molecule has 9 heteroatoms. The number of hydrogen-bond acceptors (Lipinski definition) is 6. The first kappa shape index (κ1) is 21.2. The molecule has 3 heterocycles. The van der Waals surface area contributed by atoms with Gasteiger partial charge in [-0.25, -0.2) is 14.8 Å². The summed E-state index contributed by atoms with van der Waals surface area (Å²) < 4.78 is 5.04. The summed E-state index contributed by atoms with van der Waals surface area (Å²) in [5.41, 5.74) is 7.09. The van der Waals surface area contributed by atoms with Gasteiger partial charge in [-0.3, -0.25) is 0 Å². The second kappa shape index (κ2) is 10.3.